The van der Waals surface area contributed by atoms with Crippen LogP contribution in [0, 0.1) is 5.92 Å². The zero-order valence-corrected chi connectivity index (χ0v) is 10.9. The third-order valence-corrected chi connectivity index (χ3v) is 3.51. The molecule has 1 fully saturated rings. The molecule has 0 aromatic heterocycles. The Morgan fingerprint density at radius 1 is 1.29 bits per heavy atom. The van der Waals surface area contributed by atoms with Crippen LogP contribution in [0.15, 0.2) is 24.3 Å². The Balaban J connectivity index is 1.91. The molecule has 2 heteroatoms. The second-order valence-electron chi connectivity index (χ2n) is 5.43. The molecule has 0 amide bonds. The minimum atomic E-state index is 0.701. The molecule has 1 aromatic rings. The topological polar surface area (TPSA) is 29.3 Å². The first-order valence-electron chi connectivity index (χ1n) is 6.52. The lowest BCUT2D eigenvalue weighted by molar-refractivity contribution is 0.220. The molecule has 1 heterocycles. The van der Waals surface area contributed by atoms with E-state index < -0.39 is 0 Å². The van der Waals surface area contributed by atoms with E-state index in [0.29, 0.717) is 5.92 Å². The van der Waals surface area contributed by atoms with Gasteiger partial charge in [-0.25, -0.2) is 0 Å². The maximum absolute atomic E-state index is 5.84. The van der Waals surface area contributed by atoms with E-state index in [1.165, 1.54) is 37.4 Å². The largest absolute Gasteiger partial charge is 0.399 e. The van der Waals surface area contributed by atoms with E-state index in [-0.39, 0.29) is 0 Å². The second-order valence-corrected chi connectivity index (χ2v) is 5.43. The number of hydrogen-bond donors (Lipinski definition) is 1. The van der Waals surface area contributed by atoms with Crippen LogP contribution in [0.2, 0.25) is 0 Å². The molecule has 2 nitrogen and oxygen atoms in total. The van der Waals surface area contributed by atoms with Crippen LogP contribution < -0.4 is 5.73 Å². The lowest BCUT2D eigenvalue weighted by Gasteiger charge is -2.33. The number of nitrogens with zero attached hydrogens (tertiary/aromatic N) is 1. The molecule has 1 aromatic carbocycles. The summed E-state index contributed by atoms with van der Waals surface area (Å²) in [4.78, 5) is 2.55. The first kappa shape index (κ1) is 12.4. The van der Waals surface area contributed by atoms with Crippen molar-refractivity contribution in [3.63, 3.8) is 0 Å². The summed E-state index contributed by atoms with van der Waals surface area (Å²) in [7, 11) is 0. The fourth-order valence-corrected chi connectivity index (χ4v) is 2.68. The number of likely N-dealkylation sites (tertiary alicyclic amines) is 1. The molecule has 0 aliphatic carbocycles. The summed E-state index contributed by atoms with van der Waals surface area (Å²) < 4.78 is 0. The van der Waals surface area contributed by atoms with Gasteiger partial charge in [0.05, 0.1) is 0 Å². The molecule has 1 saturated heterocycles. The van der Waals surface area contributed by atoms with Crippen molar-refractivity contribution < 1.29 is 0 Å². The molecule has 1 aliphatic rings. The fraction of sp³-hybridized carbons (Fsp3) is 0.533. The number of hydrogen-bond acceptors (Lipinski definition) is 2. The van der Waals surface area contributed by atoms with Crippen molar-refractivity contribution >= 4 is 5.69 Å². The molecule has 2 N–H and O–H groups in total. The molecule has 93 valence electrons. The van der Waals surface area contributed by atoms with E-state index in [1.54, 1.807) is 0 Å². The van der Waals surface area contributed by atoms with Gasteiger partial charge in [-0.1, -0.05) is 26.0 Å². The minimum absolute atomic E-state index is 0.701. The molecular weight excluding hydrogens is 208 g/mol. The highest BCUT2D eigenvalue weighted by molar-refractivity contribution is 5.41. The Morgan fingerprint density at radius 3 is 2.59 bits per heavy atom. The van der Waals surface area contributed by atoms with Gasteiger partial charge in [-0.2, -0.15) is 0 Å². The lowest BCUT2D eigenvalue weighted by atomic mass is 9.89. The first-order chi connectivity index (χ1) is 8.15. The Morgan fingerprint density at radius 2 is 2.00 bits per heavy atom. The quantitative estimate of drug-likeness (QED) is 0.810. The van der Waals surface area contributed by atoms with E-state index in [1.807, 2.05) is 6.07 Å². The molecule has 0 bridgehead atoms. The second kappa shape index (κ2) is 5.54. The van der Waals surface area contributed by atoms with Crippen LogP contribution >= 0.6 is 0 Å². The Labute approximate surface area is 105 Å². The molecule has 1 radical (unpaired) electrons. The van der Waals surface area contributed by atoms with Crippen LogP contribution in [0.4, 0.5) is 5.69 Å². The number of nitrogens with two attached hydrogens (primary N) is 1. The predicted molar refractivity (Wildman–Crippen MR) is 73.9 cm³/mol. The van der Waals surface area contributed by atoms with Crippen molar-refractivity contribution in [3.8, 4) is 0 Å². The van der Waals surface area contributed by atoms with Gasteiger partial charge in [0.25, 0.3) is 0 Å². The van der Waals surface area contributed by atoms with Gasteiger partial charge < -0.3 is 10.6 Å². The highest BCUT2D eigenvalue weighted by Crippen LogP contribution is 2.29. The van der Waals surface area contributed by atoms with Gasteiger partial charge >= 0.3 is 0 Å². The third-order valence-electron chi connectivity index (χ3n) is 3.51. The van der Waals surface area contributed by atoms with E-state index in [2.05, 4.69) is 36.9 Å². The maximum atomic E-state index is 5.84. The summed E-state index contributed by atoms with van der Waals surface area (Å²) in [5, 5.41) is 0. The smallest absolute Gasteiger partial charge is 0.0316 e. The minimum Gasteiger partial charge on any atom is -0.399 e. The van der Waals surface area contributed by atoms with Crippen LogP contribution in [0.25, 0.3) is 0 Å². The van der Waals surface area contributed by atoms with Gasteiger partial charge in [-0.3, -0.25) is 0 Å². The van der Waals surface area contributed by atoms with Crippen molar-refractivity contribution in [3.05, 3.63) is 35.7 Å². The van der Waals surface area contributed by atoms with Gasteiger partial charge in [0.2, 0.25) is 0 Å². The summed E-state index contributed by atoms with van der Waals surface area (Å²) >= 11 is 0. The summed E-state index contributed by atoms with van der Waals surface area (Å²) in [5.41, 5.74) is 8.15. The number of piperidine rings is 1. The normalized spacial score (nSPS) is 18.8. The van der Waals surface area contributed by atoms with E-state index in [4.69, 9.17) is 5.73 Å². The number of nitrogen functional groups attached to an aromatic ring is 1. The van der Waals surface area contributed by atoms with Crippen molar-refractivity contribution in [2.24, 2.45) is 0 Å². The number of benzene rings is 1. The lowest BCUT2D eigenvalue weighted by Crippen LogP contribution is -2.35. The van der Waals surface area contributed by atoms with Crippen molar-refractivity contribution in [2.75, 3.05) is 25.4 Å². The zero-order chi connectivity index (χ0) is 12.3. The Bertz CT molecular complexity index is 352. The number of rotatable bonds is 3. The van der Waals surface area contributed by atoms with Gasteiger partial charge in [0.1, 0.15) is 0 Å². The van der Waals surface area contributed by atoms with Crippen molar-refractivity contribution in [1.29, 1.82) is 0 Å². The standard InChI is InChI=1S/C15H23N2/c1-12(2)11-17-8-6-13(7-9-17)14-4-3-5-15(16)10-14/h3-5,10,13H,6-9,11,16H2,1-2H3. The van der Waals surface area contributed by atoms with Crippen LogP contribution in [-0.2, 0) is 0 Å². The molecule has 17 heavy (non-hydrogen) atoms. The molecule has 0 unspecified atom stereocenters. The first-order valence-corrected chi connectivity index (χ1v) is 6.52. The SMILES string of the molecule is C[C](C)CN1CCC(c2cccc(N)c2)CC1. The average molecular weight is 231 g/mol. The highest BCUT2D eigenvalue weighted by atomic mass is 15.1. The van der Waals surface area contributed by atoms with Crippen LogP contribution in [0.3, 0.4) is 0 Å². The Hall–Kier alpha value is -1.02. The van der Waals surface area contributed by atoms with Gasteiger partial charge in [0.15, 0.2) is 0 Å². The molecule has 1 aliphatic heterocycles. The monoisotopic (exact) mass is 231 g/mol. The molecule has 0 saturated carbocycles. The average Bonchev–Trinajstić information content (AvgIpc) is 2.29. The zero-order valence-electron chi connectivity index (χ0n) is 10.9. The van der Waals surface area contributed by atoms with Crippen molar-refractivity contribution in [1.82, 2.24) is 4.90 Å². The van der Waals surface area contributed by atoms with Crippen molar-refractivity contribution in [2.45, 2.75) is 32.6 Å². The predicted octanol–water partition coefficient (Wildman–Crippen LogP) is 3.06. The third kappa shape index (κ3) is 3.47. The van der Waals surface area contributed by atoms with E-state index in [9.17, 15) is 0 Å². The van der Waals surface area contributed by atoms with E-state index in [0.717, 1.165) is 12.2 Å². The number of anilines is 1. The molecule has 0 atom stereocenters. The van der Waals surface area contributed by atoms with Crippen LogP contribution in [-0.4, -0.2) is 24.5 Å². The summed E-state index contributed by atoms with van der Waals surface area (Å²) in [5.74, 6) is 2.21. The van der Waals surface area contributed by atoms with Crippen LogP contribution in [0.5, 0.6) is 0 Å². The summed E-state index contributed by atoms with van der Waals surface area (Å²) in [6.07, 6.45) is 2.52. The van der Waals surface area contributed by atoms with Crippen LogP contribution in [0.1, 0.15) is 38.2 Å². The summed E-state index contributed by atoms with van der Waals surface area (Å²) in [6, 6.07) is 8.39. The summed E-state index contributed by atoms with van der Waals surface area (Å²) in [6.45, 7) is 8.01. The maximum Gasteiger partial charge on any atom is 0.0316 e. The molecule has 0 spiro atoms. The van der Waals surface area contributed by atoms with E-state index >= 15 is 0 Å². The highest BCUT2D eigenvalue weighted by Gasteiger charge is 2.20. The van der Waals surface area contributed by atoms with Gasteiger partial charge in [-0.05, 0) is 55.5 Å². The fourth-order valence-electron chi connectivity index (χ4n) is 2.68. The van der Waals surface area contributed by atoms with Gasteiger partial charge in [-0.15, -0.1) is 0 Å². The molecular formula is C15H23N2. The van der Waals surface area contributed by atoms with Gasteiger partial charge in [0, 0.05) is 12.2 Å². The molecule has 2 rings (SSSR count). The Kier molecular flexibility index (Phi) is 4.06.